The number of methoxy groups -OCH3 is 1. The lowest BCUT2D eigenvalue weighted by molar-refractivity contribution is -0.140. The zero-order valence-electron chi connectivity index (χ0n) is 19.4. The number of aryl methyl sites for hydroxylation is 1. The highest BCUT2D eigenvalue weighted by atomic mass is 16.5. The molecule has 0 spiro atoms. The van der Waals surface area contributed by atoms with Gasteiger partial charge >= 0.3 is 5.69 Å². The number of aliphatic hydroxyl groups is 1. The first kappa shape index (κ1) is 22.1. The van der Waals surface area contributed by atoms with E-state index in [0.29, 0.717) is 37.0 Å². The lowest BCUT2D eigenvalue weighted by Gasteiger charge is -2.33. The number of hydrogen-bond donors (Lipinski definition) is 1. The van der Waals surface area contributed by atoms with Gasteiger partial charge in [0.2, 0.25) is 0 Å². The van der Waals surface area contributed by atoms with Crippen molar-refractivity contribution in [3.8, 4) is 17.0 Å². The van der Waals surface area contributed by atoms with Crippen molar-refractivity contribution in [3.05, 3.63) is 53.1 Å². The van der Waals surface area contributed by atoms with E-state index in [4.69, 9.17) is 9.72 Å². The van der Waals surface area contributed by atoms with Crippen LogP contribution in [0.5, 0.6) is 5.75 Å². The minimum atomic E-state index is -1.02. The number of imidazole rings is 1. The van der Waals surface area contributed by atoms with Gasteiger partial charge in [0.1, 0.15) is 17.4 Å². The van der Waals surface area contributed by atoms with Gasteiger partial charge in [0.05, 0.1) is 35.6 Å². The van der Waals surface area contributed by atoms with Crippen LogP contribution in [0.1, 0.15) is 25.8 Å². The third-order valence-corrected chi connectivity index (χ3v) is 6.63. The van der Waals surface area contributed by atoms with Gasteiger partial charge in [-0.3, -0.25) is 18.9 Å². The molecule has 176 valence electrons. The normalized spacial score (nSPS) is 15.7. The van der Waals surface area contributed by atoms with Gasteiger partial charge < -0.3 is 14.7 Å². The molecule has 1 aliphatic rings. The molecule has 3 aromatic heterocycles. The quantitative estimate of drug-likeness (QED) is 0.501. The molecule has 1 N–H and O–H groups in total. The zero-order chi connectivity index (χ0) is 24.0. The van der Waals surface area contributed by atoms with Crippen LogP contribution in [0.15, 0.2) is 47.4 Å². The van der Waals surface area contributed by atoms with Crippen molar-refractivity contribution >= 4 is 28.0 Å². The first-order chi connectivity index (χ1) is 16.4. The van der Waals surface area contributed by atoms with Crippen LogP contribution in [0.25, 0.3) is 33.3 Å². The summed E-state index contributed by atoms with van der Waals surface area (Å²) in [6, 6.07) is 11.4. The van der Waals surface area contributed by atoms with E-state index in [0.717, 1.165) is 28.0 Å². The van der Waals surface area contributed by atoms with Crippen LogP contribution in [0.2, 0.25) is 0 Å². The largest absolute Gasteiger partial charge is 0.497 e. The second-order valence-electron chi connectivity index (χ2n) is 8.73. The monoisotopic (exact) mass is 461 g/mol. The third kappa shape index (κ3) is 3.62. The fourth-order valence-corrected chi connectivity index (χ4v) is 4.78. The van der Waals surface area contributed by atoms with Gasteiger partial charge in [0, 0.05) is 31.7 Å². The van der Waals surface area contributed by atoms with Gasteiger partial charge in [-0.1, -0.05) is 12.1 Å². The number of pyridine rings is 2. The van der Waals surface area contributed by atoms with Gasteiger partial charge in [-0.2, -0.15) is 0 Å². The first-order valence-corrected chi connectivity index (χ1v) is 11.4. The number of benzene rings is 1. The zero-order valence-corrected chi connectivity index (χ0v) is 19.4. The number of hydrogen-bond acceptors (Lipinski definition) is 6. The average molecular weight is 462 g/mol. The number of rotatable bonds is 4. The molecule has 9 nitrogen and oxygen atoms in total. The molecular formula is C25H27N5O4. The van der Waals surface area contributed by atoms with E-state index in [-0.39, 0.29) is 17.6 Å². The van der Waals surface area contributed by atoms with Gasteiger partial charge in [0.15, 0.2) is 0 Å². The molecule has 34 heavy (non-hydrogen) atoms. The number of carbonyl (C=O) groups is 1. The van der Waals surface area contributed by atoms with Gasteiger partial charge in [-0.05, 0) is 44.0 Å². The smallest absolute Gasteiger partial charge is 0.329 e. The minimum absolute atomic E-state index is 0.0814. The Bertz CT molecular complexity index is 1450. The Hall–Kier alpha value is -3.72. The molecule has 4 heterocycles. The topological polar surface area (TPSA) is 102 Å². The molecule has 1 aliphatic heterocycles. The van der Waals surface area contributed by atoms with Crippen molar-refractivity contribution in [2.24, 2.45) is 7.05 Å². The molecule has 1 saturated heterocycles. The molecule has 0 bridgehead atoms. The molecular weight excluding hydrogens is 434 g/mol. The summed E-state index contributed by atoms with van der Waals surface area (Å²) < 4.78 is 8.78. The Kier molecular flexibility index (Phi) is 5.57. The fourth-order valence-electron chi connectivity index (χ4n) is 4.78. The van der Waals surface area contributed by atoms with Crippen LogP contribution < -0.4 is 10.4 Å². The van der Waals surface area contributed by atoms with Crippen LogP contribution in [-0.2, 0) is 11.8 Å². The van der Waals surface area contributed by atoms with Crippen LogP contribution in [0, 0.1) is 0 Å². The first-order valence-electron chi connectivity index (χ1n) is 11.4. The number of ether oxygens (including phenoxy) is 1. The Balaban J connectivity index is 1.62. The summed E-state index contributed by atoms with van der Waals surface area (Å²) in [6.07, 6.45) is 1.94. The van der Waals surface area contributed by atoms with Crippen molar-refractivity contribution in [2.45, 2.75) is 31.9 Å². The number of aliphatic hydroxyl groups excluding tert-OH is 1. The van der Waals surface area contributed by atoms with E-state index in [2.05, 4.69) is 4.98 Å². The molecule has 0 aliphatic carbocycles. The minimum Gasteiger partial charge on any atom is -0.497 e. The number of amides is 1. The lowest BCUT2D eigenvalue weighted by Crippen LogP contribution is -2.44. The molecule has 1 fully saturated rings. The van der Waals surface area contributed by atoms with Crippen molar-refractivity contribution < 1.29 is 14.6 Å². The second-order valence-corrected chi connectivity index (χ2v) is 8.73. The van der Waals surface area contributed by atoms with Gasteiger partial charge in [-0.15, -0.1) is 0 Å². The predicted molar refractivity (Wildman–Crippen MR) is 129 cm³/mol. The Morgan fingerprint density at radius 1 is 1.21 bits per heavy atom. The Morgan fingerprint density at radius 2 is 1.97 bits per heavy atom. The van der Waals surface area contributed by atoms with Crippen LogP contribution in [0.4, 0.5) is 0 Å². The maximum absolute atomic E-state index is 13.3. The lowest BCUT2D eigenvalue weighted by atomic mass is 10.0. The summed E-state index contributed by atoms with van der Waals surface area (Å²) >= 11 is 0. The average Bonchev–Trinajstić information content (AvgIpc) is 3.13. The van der Waals surface area contributed by atoms with E-state index >= 15 is 0 Å². The number of nitrogens with zero attached hydrogens (tertiary/aromatic N) is 5. The molecule has 0 saturated carbocycles. The van der Waals surface area contributed by atoms with Crippen molar-refractivity contribution in [3.63, 3.8) is 0 Å². The molecule has 5 rings (SSSR count). The van der Waals surface area contributed by atoms with Crippen LogP contribution in [-0.4, -0.2) is 61.3 Å². The summed E-state index contributed by atoms with van der Waals surface area (Å²) in [5, 5.41) is 9.64. The van der Waals surface area contributed by atoms with Crippen LogP contribution in [0.3, 0.4) is 0 Å². The van der Waals surface area contributed by atoms with Gasteiger partial charge in [0.25, 0.3) is 5.91 Å². The van der Waals surface area contributed by atoms with Crippen molar-refractivity contribution in [2.75, 3.05) is 20.2 Å². The summed E-state index contributed by atoms with van der Waals surface area (Å²) in [4.78, 5) is 36.7. The molecule has 1 atom stereocenters. The Labute approximate surface area is 196 Å². The molecule has 9 heteroatoms. The Morgan fingerprint density at radius 3 is 2.68 bits per heavy atom. The van der Waals surface area contributed by atoms with Crippen LogP contribution >= 0.6 is 0 Å². The number of likely N-dealkylation sites (tertiary alicyclic amines) is 1. The standard InChI is InChI=1S/C25H27N5O4/c1-15(31)24(32)29-11-9-17(10-12-29)30-23-21(28(2)25(30)33)14-26-20-8-7-19(27-22(20)23)16-5-4-6-18(13-16)34-3/h4-8,13-15,17,31H,9-12H2,1-3H3/t15-/m0/s1. The summed E-state index contributed by atoms with van der Waals surface area (Å²) in [6.45, 7) is 2.46. The number of fused-ring (bicyclic) bond motifs is 3. The third-order valence-electron chi connectivity index (χ3n) is 6.63. The summed E-state index contributed by atoms with van der Waals surface area (Å²) in [5.41, 5.74) is 4.39. The maximum atomic E-state index is 13.3. The summed E-state index contributed by atoms with van der Waals surface area (Å²) in [5.74, 6) is 0.466. The second kappa shape index (κ2) is 8.57. The predicted octanol–water partition coefficient (Wildman–Crippen LogP) is 2.50. The highest BCUT2D eigenvalue weighted by Gasteiger charge is 2.29. The molecule has 4 aromatic rings. The molecule has 1 amide bonds. The molecule has 1 aromatic carbocycles. The highest BCUT2D eigenvalue weighted by molar-refractivity contribution is 6.00. The SMILES string of the molecule is COc1cccc(-c2ccc3ncc4c(c3n2)n(C2CCN(C(=O)[C@H](C)O)CC2)c(=O)n4C)c1. The van der Waals surface area contributed by atoms with E-state index in [1.54, 1.807) is 29.8 Å². The summed E-state index contributed by atoms with van der Waals surface area (Å²) in [7, 11) is 3.37. The fraction of sp³-hybridized carbons (Fsp3) is 0.360. The number of piperidine rings is 1. The number of carbonyl (C=O) groups excluding carboxylic acids is 1. The molecule has 0 radical (unpaired) electrons. The highest BCUT2D eigenvalue weighted by Crippen LogP contribution is 2.31. The van der Waals surface area contributed by atoms with Crippen molar-refractivity contribution in [1.29, 1.82) is 0 Å². The van der Waals surface area contributed by atoms with Gasteiger partial charge in [-0.25, -0.2) is 9.78 Å². The van der Waals surface area contributed by atoms with E-state index in [9.17, 15) is 14.7 Å². The van der Waals surface area contributed by atoms with E-state index < -0.39 is 6.10 Å². The number of aromatic nitrogens is 4. The molecule has 0 unspecified atom stereocenters. The van der Waals surface area contributed by atoms with Crippen molar-refractivity contribution in [1.82, 2.24) is 24.0 Å². The maximum Gasteiger partial charge on any atom is 0.329 e. The van der Waals surface area contributed by atoms with E-state index in [1.165, 1.54) is 6.92 Å². The van der Waals surface area contributed by atoms with E-state index in [1.807, 2.05) is 41.0 Å².